The lowest BCUT2D eigenvalue weighted by Crippen LogP contribution is -2.24. The lowest BCUT2D eigenvalue weighted by atomic mass is 10.3. The van der Waals surface area contributed by atoms with Gasteiger partial charge in [-0.2, -0.15) is 0 Å². The number of aromatic nitrogens is 2. The molecule has 0 saturated carbocycles. The number of hydrogen-bond donors (Lipinski definition) is 0. The first-order valence-corrected chi connectivity index (χ1v) is 6.56. The normalized spacial score (nSPS) is 11.0. The molecule has 0 N–H and O–H groups in total. The average molecular weight is 279 g/mol. The number of benzene rings is 1. The van der Waals surface area contributed by atoms with Crippen LogP contribution in [0.5, 0.6) is 5.75 Å². The molecule has 0 aliphatic rings. The van der Waals surface area contributed by atoms with Crippen LogP contribution in [-0.4, -0.2) is 35.3 Å². The average Bonchev–Trinajstić information content (AvgIpc) is 2.88. The van der Waals surface area contributed by atoms with Crippen molar-refractivity contribution < 1.29 is 13.5 Å². The van der Waals surface area contributed by atoms with E-state index in [-0.39, 0.29) is 11.6 Å². The van der Waals surface area contributed by atoms with Crippen molar-refractivity contribution in [2.45, 2.75) is 19.9 Å². The van der Waals surface area contributed by atoms with Gasteiger partial charge < -0.3 is 9.15 Å². The molecule has 0 aliphatic heterocycles. The highest BCUT2D eigenvalue weighted by Crippen LogP contribution is 2.15. The lowest BCUT2D eigenvalue weighted by Gasteiger charge is -2.14. The van der Waals surface area contributed by atoms with E-state index in [2.05, 4.69) is 10.2 Å². The number of ether oxygens (including phenoxy) is 1. The highest BCUT2D eigenvalue weighted by molar-refractivity contribution is 5.23. The fraction of sp³-hybridized carbons (Fsp3) is 0.429. The van der Waals surface area contributed by atoms with Crippen LogP contribution in [0.3, 0.4) is 0 Å². The maximum absolute atomic E-state index is 13.3. The van der Waals surface area contributed by atoms with Crippen LogP contribution in [0, 0.1) is 5.82 Å². The van der Waals surface area contributed by atoms with E-state index in [1.54, 1.807) is 18.2 Å². The van der Waals surface area contributed by atoms with Gasteiger partial charge in [0.1, 0.15) is 6.61 Å². The SMILES string of the molecule is CCc1nnc(CN(C)CCOc2ccccc2F)o1. The second kappa shape index (κ2) is 7.00. The summed E-state index contributed by atoms with van der Waals surface area (Å²) in [5.41, 5.74) is 0. The number of halogens is 1. The van der Waals surface area contributed by atoms with Crippen molar-refractivity contribution in [2.24, 2.45) is 0 Å². The van der Waals surface area contributed by atoms with Gasteiger partial charge in [-0.3, -0.25) is 4.90 Å². The number of nitrogens with zero attached hydrogens (tertiary/aromatic N) is 3. The molecule has 20 heavy (non-hydrogen) atoms. The summed E-state index contributed by atoms with van der Waals surface area (Å²) in [5.74, 6) is 1.14. The van der Waals surface area contributed by atoms with Gasteiger partial charge in [0.25, 0.3) is 0 Å². The summed E-state index contributed by atoms with van der Waals surface area (Å²) in [7, 11) is 1.92. The minimum Gasteiger partial charge on any atom is -0.489 e. The van der Waals surface area contributed by atoms with E-state index in [1.807, 2.05) is 18.9 Å². The summed E-state index contributed by atoms with van der Waals surface area (Å²) in [4.78, 5) is 1.98. The van der Waals surface area contributed by atoms with Gasteiger partial charge in [0.2, 0.25) is 11.8 Å². The fourth-order valence-corrected chi connectivity index (χ4v) is 1.68. The zero-order valence-electron chi connectivity index (χ0n) is 11.7. The van der Waals surface area contributed by atoms with Crippen molar-refractivity contribution in [1.29, 1.82) is 0 Å². The smallest absolute Gasteiger partial charge is 0.230 e. The van der Waals surface area contributed by atoms with Gasteiger partial charge in [0.05, 0.1) is 6.54 Å². The van der Waals surface area contributed by atoms with Crippen LogP contribution >= 0.6 is 0 Å². The minimum absolute atomic E-state index is 0.270. The van der Waals surface area contributed by atoms with E-state index in [0.717, 1.165) is 6.42 Å². The van der Waals surface area contributed by atoms with Gasteiger partial charge in [0, 0.05) is 13.0 Å². The molecule has 0 spiro atoms. The van der Waals surface area contributed by atoms with Crippen molar-refractivity contribution in [1.82, 2.24) is 15.1 Å². The number of aryl methyl sites for hydroxylation is 1. The Morgan fingerprint density at radius 3 is 2.70 bits per heavy atom. The summed E-state index contributed by atoms with van der Waals surface area (Å²) < 4.78 is 24.1. The molecule has 2 rings (SSSR count). The third kappa shape index (κ3) is 4.03. The third-order valence-electron chi connectivity index (χ3n) is 2.78. The van der Waals surface area contributed by atoms with Crippen LogP contribution < -0.4 is 4.74 Å². The lowest BCUT2D eigenvalue weighted by molar-refractivity contribution is 0.213. The van der Waals surface area contributed by atoms with Gasteiger partial charge in [-0.05, 0) is 19.2 Å². The fourth-order valence-electron chi connectivity index (χ4n) is 1.68. The van der Waals surface area contributed by atoms with Crippen molar-refractivity contribution >= 4 is 0 Å². The van der Waals surface area contributed by atoms with E-state index in [4.69, 9.17) is 9.15 Å². The maximum Gasteiger partial charge on any atom is 0.230 e. The van der Waals surface area contributed by atoms with E-state index in [0.29, 0.717) is 31.5 Å². The van der Waals surface area contributed by atoms with Gasteiger partial charge >= 0.3 is 0 Å². The van der Waals surface area contributed by atoms with E-state index >= 15 is 0 Å². The first-order chi connectivity index (χ1) is 9.69. The van der Waals surface area contributed by atoms with E-state index < -0.39 is 0 Å². The predicted molar refractivity (Wildman–Crippen MR) is 71.9 cm³/mol. The molecule has 2 aromatic rings. The van der Waals surface area contributed by atoms with Crippen LogP contribution in [0.25, 0.3) is 0 Å². The van der Waals surface area contributed by atoms with Crippen molar-refractivity contribution in [3.05, 3.63) is 41.9 Å². The Morgan fingerprint density at radius 1 is 1.25 bits per heavy atom. The number of para-hydroxylation sites is 1. The Kier molecular flexibility index (Phi) is 5.06. The Morgan fingerprint density at radius 2 is 2.00 bits per heavy atom. The molecule has 1 heterocycles. The Labute approximate surface area is 117 Å². The first kappa shape index (κ1) is 14.5. The largest absolute Gasteiger partial charge is 0.489 e. The van der Waals surface area contributed by atoms with Gasteiger partial charge in [-0.15, -0.1) is 10.2 Å². The molecule has 0 amide bonds. The van der Waals surface area contributed by atoms with Gasteiger partial charge in [-0.1, -0.05) is 19.1 Å². The minimum atomic E-state index is -0.348. The Bertz CT molecular complexity index is 545. The topological polar surface area (TPSA) is 51.4 Å². The molecule has 1 aromatic heterocycles. The molecule has 0 fully saturated rings. The van der Waals surface area contributed by atoms with Crippen LogP contribution in [-0.2, 0) is 13.0 Å². The Balaban J connectivity index is 1.75. The summed E-state index contributed by atoms with van der Waals surface area (Å²) in [6.45, 7) is 3.54. The zero-order valence-corrected chi connectivity index (χ0v) is 11.7. The van der Waals surface area contributed by atoms with Crippen LogP contribution in [0.2, 0.25) is 0 Å². The predicted octanol–water partition coefficient (Wildman–Crippen LogP) is 2.28. The van der Waals surface area contributed by atoms with E-state index in [9.17, 15) is 4.39 Å². The summed E-state index contributed by atoms with van der Waals surface area (Å²) >= 11 is 0. The summed E-state index contributed by atoms with van der Waals surface area (Å²) in [5, 5.41) is 7.85. The number of rotatable bonds is 7. The molecule has 0 saturated heterocycles. The summed E-state index contributed by atoms with van der Waals surface area (Å²) in [6, 6.07) is 6.37. The molecule has 108 valence electrons. The van der Waals surface area contributed by atoms with Crippen LogP contribution in [0.15, 0.2) is 28.7 Å². The Hall–Kier alpha value is -1.95. The molecule has 5 nitrogen and oxygen atoms in total. The molecular weight excluding hydrogens is 261 g/mol. The van der Waals surface area contributed by atoms with Crippen LogP contribution in [0.1, 0.15) is 18.7 Å². The van der Waals surface area contributed by atoms with Crippen LogP contribution in [0.4, 0.5) is 4.39 Å². The van der Waals surface area contributed by atoms with Crippen molar-refractivity contribution in [3.8, 4) is 5.75 Å². The summed E-state index contributed by atoms with van der Waals surface area (Å²) in [6.07, 6.45) is 0.729. The quantitative estimate of drug-likeness (QED) is 0.778. The standard InChI is InChI=1S/C14H18FN3O2/c1-3-13-16-17-14(20-13)10-18(2)8-9-19-12-7-5-4-6-11(12)15/h4-7H,3,8-10H2,1-2H3. The molecule has 0 bridgehead atoms. The second-order valence-electron chi connectivity index (χ2n) is 4.46. The molecule has 1 aromatic carbocycles. The number of likely N-dealkylation sites (N-methyl/N-ethyl adjacent to an activating group) is 1. The monoisotopic (exact) mass is 279 g/mol. The zero-order chi connectivity index (χ0) is 14.4. The van der Waals surface area contributed by atoms with E-state index in [1.165, 1.54) is 6.07 Å². The molecule has 6 heteroatoms. The first-order valence-electron chi connectivity index (χ1n) is 6.56. The highest BCUT2D eigenvalue weighted by Gasteiger charge is 2.08. The molecule has 0 unspecified atom stereocenters. The maximum atomic E-state index is 13.3. The second-order valence-corrected chi connectivity index (χ2v) is 4.46. The number of hydrogen-bond acceptors (Lipinski definition) is 5. The highest BCUT2D eigenvalue weighted by atomic mass is 19.1. The van der Waals surface area contributed by atoms with Gasteiger partial charge in [0.15, 0.2) is 11.6 Å². The third-order valence-corrected chi connectivity index (χ3v) is 2.78. The molecule has 0 aliphatic carbocycles. The van der Waals surface area contributed by atoms with Crippen molar-refractivity contribution in [3.63, 3.8) is 0 Å². The van der Waals surface area contributed by atoms with Gasteiger partial charge in [-0.25, -0.2) is 4.39 Å². The molecule has 0 radical (unpaired) electrons. The molecular formula is C14H18FN3O2. The van der Waals surface area contributed by atoms with Crippen molar-refractivity contribution in [2.75, 3.05) is 20.2 Å². The molecule has 0 atom stereocenters.